The average Bonchev–Trinajstić information content (AvgIpc) is 2.05. The number of aromatic nitrogens is 2. The topological polar surface area (TPSA) is 68.9 Å². The van der Waals surface area contributed by atoms with Gasteiger partial charge in [0.2, 0.25) is 5.82 Å². The lowest BCUT2D eigenvalue weighted by Crippen LogP contribution is -2.14. The fraction of sp³-hybridized carbons (Fsp3) is 0.167. The molecule has 0 aliphatic heterocycles. The first kappa shape index (κ1) is 8.13. The van der Waals surface area contributed by atoms with E-state index in [1.165, 1.54) is 0 Å². The van der Waals surface area contributed by atoms with Gasteiger partial charge in [-0.25, -0.2) is 9.97 Å². The summed E-state index contributed by atoms with van der Waals surface area (Å²) in [6.45, 7) is 0. The smallest absolute Gasteiger partial charge is 0.286 e. The van der Waals surface area contributed by atoms with Crippen LogP contribution < -0.4 is 5.73 Å². The van der Waals surface area contributed by atoms with Crippen LogP contribution in [0.25, 0.3) is 0 Å². The predicted molar refractivity (Wildman–Crippen MR) is 43.2 cm³/mol. The van der Waals surface area contributed by atoms with Gasteiger partial charge in [0.1, 0.15) is 0 Å². The summed E-state index contributed by atoms with van der Waals surface area (Å²) in [5.74, 6) is -0.555. The summed E-state index contributed by atoms with van der Waals surface area (Å²) in [6, 6.07) is 0. The maximum Gasteiger partial charge on any atom is 0.286 e. The molecule has 0 fully saturated rings. The Labute approximate surface area is 72.0 Å². The summed E-state index contributed by atoms with van der Waals surface area (Å²) >= 11 is 3.22. The van der Waals surface area contributed by atoms with Crippen molar-refractivity contribution >= 4 is 21.8 Å². The third-order valence-corrected chi connectivity index (χ3v) is 1.73. The van der Waals surface area contributed by atoms with E-state index >= 15 is 0 Å². The summed E-state index contributed by atoms with van der Waals surface area (Å²) in [5, 5.41) is 0.673. The van der Waals surface area contributed by atoms with E-state index in [0.717, 1.165) is 5.56 Å². The highest BCUT2D eigenvalue weighted by Gasteiger charge is 2.01. The van der Waals surface area contributed by atoms with Crippen LogP contribution in [0.1, 0.15) is 16.2 Å². The van der Waals surface area contributed by atoms with Crippen LogP contribution in [-0.4, -0.2) is 15.9 Å². The lowest BCUT2D eigenvalue weighted by molar-refractivity contribution is 0.0990. The van der Waals surface area contributed by atoms with E-state index in [1.54, 1.807) is 12.4 Å². The number of nitrogens with zero attached hydrogens (tertiary/aromatic N) is 2. The SMILES string of the molecule is NC(=O)c1ncc(CBr)cn1. The molecule has 5 heteroatoms. The van der Waals surface area contributed by atoms with Crippen molar-refractivity contribution in [1.82, 2.24) is 9.97 Å². The summed E-state index contributed by atoms with van der Waals surface area (Å²) < 4.78 is 0. The molecule has 0 aliphatic rings. The van der Waals surface area contributed by atoms with Gasteiger partial charge >= 0.3 is 0 Å². The minimum absolute atomic E-state index is 0.0506. The van der Waals surface area contributed by atoms with Gasteiger partial charge in [-0.2, -0.15) is 0 Å². The summed E-state index contributed by atoms with van der Waals surface area (Å²) in [4.78, 5) is 18.0. The van der Waals surface area contributed by atoms with Crippen molar-refractivity contribution in [2.75, 3.05) is 0 Å². The molecule has 0 saturated carbocycles. The second kappa shape index (κ2) is 3.43. The number of hydrogen-bond acceptors (Lipinski definition) is 3. The zero-order valence-corrected chi connectivity index (χ0v) is 7.21. The number of carbonyl (C=O) groups excluding carboxylic acids is 1. The van der Waals surface area contributed by atoms with E-state index in [0.29, 0.717) is 5.33 Å². The number of carbonyl (C=O) groups is 1. The lowest BCUT2D eigenvalue weighted by Gasteiger charge is -1.94. The van der Waals surface area contributed by atoms with E-state index in [-0.39, 0.29) is 5.82 Å². The number of halogens is 1. The molecule has 0 bridgehead atoms. The molecular formula is C6H6BrN3O. The molecule has 2 N–H and O–H groups in total. The van der Waals surface area contributed by atoms with Crippen LogP contribution in [0.4, 0.5) is 0 Å². The molecule has 1 amide bonds. The monoisotopic (exact) mass is 215 g/mol. The molecule has 0 spiro atoms. The molecule has 0 radical (unpaired) electrons. The third kappa shape index (κ3) is 1.98. The van der Waals surface area contributed by atoms with Crippen molar-refractivity contribution in [3.63, 3.8) is 0 Å². The van der Waals surface area contributed by atoms with Gasteiger partial charge in [0.25, 0.3) is 5.91 Å². The third-order valence-electron chi connectivity index (χ3n) is 1.08. The zero-order chi connectivity index (χ0) is 8.27. The molecule has 1 rings (SSSR count). The molecule has 1 aromatic rings. The van der Waals surface area contributed by atoms with Gasteiger partial charge in [0.15, 0.2) is 0 Å². The van der Waals surface area contributed by atoms with Crippen LogP contribution in [0.2, 0.25) is 0 Å². The van der Waals surface area contributed by atoms with Crippen molar-refractivity contribution in [2.45, 2.75) is 5.33 Å². The molecule has 0 saturated heterocycles. The van der Waals surface area contributed by atoms with Crippen LogP contribution in [0.15, 0.2) is 12.4 Å². The lowest BCUT2D eigenvalue weighted by atomic mass is 10.4. The molecule has 58 valence electrons. The summed E-state index contributed by atoms with van der Waals surface area (Å²) in [5.41, 5.74) is 5.84. The number of amides is 1. The number of alkyl halides is 1. The maximum absolute atomic E-state index is 10.5. The van der Waals surface area contributed by atoms with Crippen LogP contribution in [-0.2, 0) is 5.33 Å². The fourth-order valence-corrected chi connectivity index (χ4v) is 0.841. The van der Waals surface area contributed by atoms with Crippen LogP contribution in [0.3, 0.4) is 0 Å². The van der Waals surface area contributed by atoms with Gasteiger partial charge in [0, 0.05) is 17.7 Å². The Bertz CT molecular complexity index is 259. The molecule has 4 nitrogen and oxygen atoms in total. The van der Waals surface area contributed by atoms with Crippen molar-refractivity contribution in [3.05, 3.63) is 23.8 Å². The summed E-state index contributed by atoms with van der Waals surface area (Å²) in [6.07, 6.45) is 3.11. The largest absolute Gasteiger partial charge is 0.363 e. The minimum Gasteiger partial charge on any atom is -0.363 e. The van der Waals surface area contributed by atoms with Crippen LogP contribution >= 0.6 is 15.9 Å². The Morgan fingerprint density at radius 1 is 1.55 bits per heavy atom. The molecule has 11 heavy (non-hydrogen) atoms. The van der Waals surface area contributed by atoms with Gasteiger partial charge in [-0.1, -0.05) is 15.9 Å². The molecule has 0 atom stereocenters. The maximum atomic E-state index is 10.5. The first-order valence-electron chi connectivity index (χ1n) is 2.90. The Morgan fingerprint density at radius 3 is 2.45 bits per heavy atom. The van der Waals surface area contributed by atoms with Gasteiger partial charge < -0.3 is 5.73 Å². The molecular weight excluding hydrogens is 210 g/mol. The Morgan fingerprint density at radius 2 is 2.09 bits per heavy atom. The second-order valence-electron chi connectivity index (χ2n) is 1.91. The van der Waals surface area contributed by atoms with Crippen molar-refractivity contribution < 1.29 is 4.79 Å². The first-order valence-corrected chi connectivity index (χ1v) is 4.03. The second-order valence-corrected chi connectivity index (χ2v) is 2.47. The Kier molecular flexibility index (Phi) is 2.53. The first-order chi connectivity index (χ1) is 5.24. The normalized spacial score (nSPS) is 9.55. The van der Waals surface area contributed by atoms with Crippen molar-refractivity contribution in [3.8, 4) is 0 Å². The van der Waals surface area contributed by atoms with Crippen LogP contribution in [0.5, 0.6) is 0 Å². The van der Waals surface area contributed by atoms with Gasteiger partial charge in [0.05, 0.1) is 0 Å². The predicted octanol–water partition coefficient (Wildman–Crippen LogP) is 0.470. The van der Waals surface area contributed by atoms with E-state index < -0.39 is 5.91 Å². The molecule has 0 unspecified atom stereocenters. The van der Waals surface area contributed by atoms with E-state index in [1.807, 2.05) is 0 Å². The number of rotatable bonds is 2. The van der Waals surface area contributed by atoms with Crippen LogP contribution in [0, 0.1) is 0 Å². The highest BCUT2D eigenvalue weighted by atomic mass is 79.9. The van der Waals surface area contributed by atoms with Crippen molar-refractivity contribution in [2.24, 2.45) is 5.73 Å². The highest BCUT2D eigenvalue weighted by molar-refractivity contribution is 9.08. The minimum atomic E-state index is -0.605. The quantitative estimate of drug-likeness (QED) is 0.730. The van der Waals surface area contributed by atoms with E-state index in [9.17, 15) is 4.79 Å². The highest BCUT2D eigenvalue weighted by Crippen LogP contribution is 2.00. The average molecular weight is 216 g/mol. The van der Waals surface area contributed by atoms with E-state index in [4.69, 9.17) is 5.73 Å². The van der Waals surface area contributed by atoms with Gasteiger partial charge in [-0.3, -0.25) is 4.79 Å². The molecule has 0 aliphatic carbocycles. The molecule has 0 aromatic carbocycles. The molecule has 1 heterocycles. The summed E-state index contributed by atoms with van der Waals surface area (Å²) in [7, 11) is 0. The Balaban J connectivity index is 2.91. The standard InChI is InChI=1S/C6H6BrN3O/c7-1-4-2-9-6(5(8)11)10-3-4/h2-3H,1H2,(H2,8,11). The number of hydrogen-bond donors (Lipinski definition) is 1. The fourth-order valence-electron chi connectivity index (χ4n) is 0.551. The Hall–Kier alpha value is -0.970. The van der Waals surface area contributed by atoms with Crippen molar-refractivity contribution in [1.29, 1.82) is 0 Å². The van der Waals surface area contributed by atoms with Gasteiger partial charge in [-0.15, -0.1) is 0 Å². The number of nitrogens with two attached hydrogens (primary N) is 1. The van der Waals surface area contributed by atoms with E-state index in [2.05, 4.69) is 25.9 Å². The van der Waals surface area contributed by atoms with Gasteiger partial charge in [-0.05, 0) is 5.56 Å². The number of primary amides is 1. The molecule has 1 aromatic heterocycles. The zero-order valence-electron chi connectivity index (χ0n) is 5.62.